The molecule has 0 aliphatic rings. The van der Waals surface area contributed by atoms with Crippen LogP contribution >= 0.6 is 0 Å². The third kappa shape index (κ3) is 4.17. The maximum Gasteiger partial charge on any atom is 0.375 e. The van der Waals surface area contributed by atoms with E-state index in [4.69, 9.17) is 5.11 Å². The van der Waals surface area contributed by atoms with E-state index in [1.807, 2.05) is 6.92 Å². The molecule has 0 saturated carbocycles. The molecule has 0 atom stereocenters. The molecule has 0 aliphatic carbocycles. The van der Waals surface area contributed by atoms with Gasteiger partial charge in [0, 0.05) is 5.54 Å². The van der Waals surface area contributed by atoms with Gasteiger partial charge >= 0.3 is 11.9 Å². The van der Waals surface area contributed by atoms with E-state index in [0.717, 1.165) is 0 Å². The largest absolute Gasteiger partial charge is 0.477 e. The zero-order valence-corrected chi connectivity index (χ0v) is 8.03. The Balaban J connectivity index is 4.09. The molecule has 0 aromatic rings. The number of carboxylic acid groups (broad SMARTS) is 1. The lowest BCUT2D eigenvalue weighted by atomic mass is 10.0. The van der Waals surface area contributed by atoms with E-state index < -0.39 is 24.0 Å². The highest BCUT2D eigenvalue weighted by atomic mass is 19.3. The standard InChI is InChI=1S/C8H15F2NO2/c1-4-7(2,3)11-5-8(9,10)6(12)13/h11H,4-5H2,1-3H3,(H,12,13). The molecule has 0 aromatic heterocycles. The molecular formula is C8H15F2NO2. The molecule has 0 saturated heterocycles. The Kier molecular flexibility index (Phi) is 3.78. The van der Waals surface area contributed by atoms with Gasteiger partial charge in [0.15, 0.2) is 0 Å². The highest BCUT2D eigenvalue weighted by Crippen LogP contribution is 2.15. The summed E-state index contributed by atoms with van der Waals surface area (Å²) < 4.78 is 25.1. The number of nitrogens with one attached hydrogen (secondary N) is 1. The normalized spacial score (nSPS) is 13.0. The van der Waals surface area contributed by atoms with Gasteiger partial charge in [-0.2, -0.15) is 8.78 Å². The molecule has 78 valence electrons. The fourth-order valence-corrected chi connectivity index (χ4v) is 0.551. The molecule has 0 rings (SSSR count). The summed E-state index contributed by atoms with van der Waals surface area (Å²) in [5, 5.41) is 10.6. The molecule has 3 nitrogen and oxygen atoms in total. The molecule has 0 aliphatic heterocycles. The zero-order valence-electron chi connectivity index (χ0n) is 8.03. The summed E-state index contributed by atoms with van der Waals surface area (Å²) in [5.41, 5.74) is -0.459. The Morgan fingerprint density at radius 3 is 2.23 bits per heavy atom. The number of hydrogen-bond donors (Lipinski definition) is 2. The Morgan fingerprint density at radius 2 is 1.92 bits per heavy atom. The first kappa shape index (κ1) is 12.3. The van der Waals surface area contributed by atoms with Crippen molar-refractivity contribution in [3.05, 3.63) is 0 Å². The maximum atomic E-state index is 12.6. The van der Waals surface area contributed by atoms with Crippen LogP contribution < -0.4 is 5.32 Å². The lowest BCUT2D eigenvalue weighted by molar-refractivity contribution is -0.164. The number of carboxylic acids is 1. The van der Waals surface area contributed by atoms with Crippen LogP contribution in [-0.2, 0) is 4.79 Å². The molecule has 0 heterocycles. The molecule has 5 heteroatoms. The second kappa shape index (κ2) is 4.00. The average Bonchev–Trinajstić information content (AvgIpc) is 2.01. The first-order chi connectivity index (χ1) is 5.71. The molecule has 0 radical (unpaired) electrons. The number of rotatable bonds is 5. The SMILES string of the molecule is CCC(C)(C)NCC(F)(F)C(=O)O. The summed E-state index contributed by atoms with van der Waals surface area (Å²) in [4.78, 5) is 10.0. The molecule has 0 bridgehead atoms. The molecular weight excluding hydrogens is 180 g/mol. The van der Waals surface area contributed by atoms with E-state index in [1.54, 1.807) is 13.8 Å². The zero-order chi connectivity index (χ0) is 10.7. The van der Waals surface area contributed by atoms with E-state index in [0.29, 0.717) is 6.42 Å². The van der Waals surface area contributed by atoms with Crippen LogP contribution in [0.3, 0.4) is 0 Å². The van der Waals surface area contributed by atoms with Crippen molar-refractivity contribution in [2.45, 2.75) is 38.7 Å². The molecule has 0 spiro atoms. The first-order valence-corrected chi connectivity index (χ1v) is 4.07. The van der Waals surface area contributed by atoms with Crippen LogP contribution in [0.5, 0.6) is 0 Å². The van der Waals surface area contributed by atoms with Crippen molar-refractivity contribution in [2.24, 2.45) is 0 Å². The highest BCUT2D eigenvalue weighted by molar-refractivity contribution is 5.75. The summed E-state index contributed by atoms with van der Waals surface area (Å²) in [6.07, 6.45) is 0.655. The minimum absolute atomic E-state index is 0.459. The van der Waals surface area contributed by atoms with Gasteiger partial charge in [0.05, 0.1) is 6.54 Å². The van der Waals surface area contributed by atoms with Crippen molar-refractivity contribution in [1.29, 1.82) is 0 Å². The summed E-state index contributed by atoms with van der Waals surface area (Å²) in [6.45, 7) is 4.49. The van der Waals surface area contributed by atoms with Crippen molar-refractivity contribution in [3.8, 4) is 0 Å². The number of hydrogen-bond acceptors (Lipinski definition) is 2. The quantitative estimate of drug-likeness (QED) is 0.698. The fraction of sp³-hybridized carbons (Fsp3) is 0.875. The topological polar surface area (TPSA) is 49.3 Å². The first-order valence-electron chi connectivity index (χ1n) is 4.07. The third-order valence-electron chi connectivity index (χ3n) is 1.99. The second-order valence-corrected chi connectivity index (χ2v) is 3.60. The maximum absolute atomic E-state index is 12.6. The van der Waals surface area contributed by atoms with Crippen molar-refractivity contribution in [3.63, 3.8) is 0 Å². The van der Waals surface area contributed by atoms with E-state index in [1.165, 1.54) is 0 Å². The lowest BCUT2D eigenvalue weighted by Crippen LogP contribution is -2.48. The van der Waals surface area contributed by atoms with Crippen LogP contribution in [0.4, 0.5) is 8.78 Å². The van der Waals surface area contributed by atoms with E-state index in [-0.39, 0.29) is 0 Å². The Labute approximate surface area is 76.1 Å². The fourth-order valence-electron chi connectivity index (χ4n) is 0.551. The van der Waals surface area contributed by atoms with Gasteiger partial charge in [-0.25, -0.2) is 4.79 Å². The van der Waals surface area contributed by atoms with Gasteiger partial charge in [0.2, 0.25) is 0 Å². The van der Waals surface area contributed by atoms with Crippen LogP contribution in [0.2, 0.25) is 0 Å². The molecule has 13 heavy (non-hydrogen) atoms. The van der Waals surface area contributed by atoms with Gasteiger partial charge in [-0.1, -0.05) is 6.92 Å². The van der Waals surface area contributed by atoms with Crippen LogP contribution in [0, 0.1) is 0 Å². The van der Waals surface area contributed by atoms with Crippen molar-refractivity contribution >= 4 is 5.97 Å². The van der Waals surface area contributed by atoms with Gasteiger partial charge in [-0.15, -0.1) is 0 Å². The molecule has 0 aromatic carbocycles. The van der Waals surface area contributed by atoms with Crippen LogP contribution in [0.1, 0.15) is 27.2 Å². The predicted octanol–water partition coefficient (Wildman–Crippen LogP) is 1.48. The molecule has 0 fully saturated rings. The Morgan fingerprint density at radius 1 is 1.46 bits per heavy atom. The average molecular weight is 195 g/mol. The molecule has 0 amide bonds. The van der Waals surface area contributed by atoms with E-state index in [9.17, 15) is 13.6 Å². The molecule has 2 N–H and O–H groups in total. The minimum Gasteiger partial charge on any atom is -0.477 e. The van der Waals surface area contributed by atoms with Crippen LogP contribution in [0.25, 0.3) is 0 Å². The summed E-state index contributed by atoms with van der Waals surface area (Å²) >= 11 is 0. The van der Waals surface area contributed by atoms with E-state index in [2.05, 4.69) is 5.32 Å². The summed E-state index contributed by atoms with van der Waals surface area (Å²) in [5.74, 6) is -5.78. The van der Waals surface area contributed by atoms with Crippen LogP contribution in [-0.4, -0.2) is 29.1 Å². The summed E-state index contributed by atoms with van der Waals surface area (Å²) in [6, 6.07) is 0. The van der Waals surface area contributed by atoms with Crippen molar-refractivity contribution in [1.82, 2.24) is 5.32 Å². The smallest absolute Gasteiger partial charge is 0.375 e. The van der Waals surface area contributed by atoms with Crippen LogP contribution in [0.15, 0.2) is 0 Å². The lowest BCUT2D eigenvalue weighted by Gasteiger charge is -2.26. The van der Waals surface area contributed by atoms with Gasteiger partial charge < -0.3 is 10.4 Å². The minimum atomic E-state index is -3.69. The van der Waals surface area contributed by atoms with Gasteiger partial charge in [0.1, 0.15) is 0 Å². The Bertz CT molecular complexity index is 193. The monoisotopic (exact) mass is 195 g/mol. The van der Waals surface area contributed by atoms with Crippen molar-refractivity contribution in [2.75, 3.05) is 6.54 Å². The number of carbonyl (C=O) groups is 1. The van der Waals surface area contributed by atoms with E-state index >= 15 is 0 Å². The Hall–Kier alpha value is -0.710. The van der Waals surface area contributed by atoms with Gasteiger partial charge in [-0.05, 0) is 20.3 Å². The summed E-state index contributed by atoms with van der Waals surface area (Å²) in [7, 11) is 0. The number of halogens is 2. The van der Waals surface area contributed by atoms with Gasteiger partial charge in [-0.3, -0.25) is 0 Å². The second-order valence-electron chi connectivity index (χ2n) is 3.60. The van der Waals surface area contributed by atoms with Crippen molar-refractivity contribution < 1.29 is 18.7 Å². The molecule has 0 unspecified atom stereocenters. The van der Waals surface area contributed by atoms with Gasteiger partial charge in [0.25, 0.3) is 0 Å². The third-order valence-corrected chi connectivity index (χ3v) is 1.99. The number of alkyl halides is 2. The predicted molar refractivity (Wildman–Crippen MR) is 45.0 cm³/mol. The highest BCUT2D eigenvalue weighted by Gasteiger charge is 2.39. The number of aliphatic carboxylic acids is 1.